The predicted octanol–water partition coefficient (Wildman–Crippen LogP) is 0.685. The van der Waals surface area contributed by atoms with Crippen LogP contribution in [0.15, 0.2) is 4.99 Å². The minimum absolute atomic E-state index is 0.109. The lowest BCUT2D eigenvalue weighted by molar-refractivity contribution is 0.350. The van der Waals surface area contributed by atoms with E-state index in [1.165, 1.54) is 6.42 Å². The fourth-order valence-corrected chi connectivity index (χ4v) is 1.53. The number of nitrogens with one attached hydrogen (secondary N) is 1. The van der Waals surface area contributed by atoms with Gasteiger partial charge < -0.3 is 10.4 Å². The number of aliphatic hydroxyl groups is 1. The van der Waals surface area contributed by atoms with Crippen LogP contribution >= 0.6 is 0 Å². The van der Waals surface area contributed by atoms with E-state index in [-0.39, 0.29) is 6.61 Å². The molecule has 2 N–H and O–H groups in total. The smallest absolute Gasteiger partial charge is 0.0811 e. The Kier molecular flexibility index (Phi) is 4.39. The Hall–Kier alpha value is -0.410. The molecule has 1 fully saturated rings. The number of rotatable bonds is 4. The largest absolute Gasteiger partial charge is 0.390 e. The first kappa shape index (κ1) is 10.7. The fraction of sp³-hybridized carbons (Fsp3) is 0.900. The van der Waals surface area contributed by atoms with Gasteiger partial charge in [-0.3, -0.25) is 4.99 Å². The van der Waals surface area contributed by atoms with E-state index >= 15 is 0 Å². The first-order chi connectivity index (χ1) is 6.24. The molecule has 3 heteroatoms. The summed E-state index contributed by atoms with van der Waals surface area (Å²) < 4.78 is 0. The highest BCUT2D eigenvalue weighted by Gasteiger charge is 2.14. The van der Waals surface area contributed by atoms with Gasteiger partial charge in [0.2, 0.25) is 0 Å². The van der Waals surface area contributed by atoms with Gasteiger partial charge in [-0.2, -0.15) is 0 Å². The molecule has 1 aliphatic heterocycles. The zero-order valence-corrected chi connectivity index (χ0v) is 8.58. The molecule has 0 aromatic heterocycles. The molecule has 1 rings (SSSR count). The van der Waals surface area contributed by atoms with Crippen LogP contribution in [0, 0.1) is 11.8 Å². The lowest BCUT2D eigenvalue weighted by Gasteiger charge is -2.09. The minimum atomic E-state index is 0.109. The number of hydrogen-bond donors (Lipinski definition) is 2. The molecular formula is C10H20N2O. The van der Waals surface area contributed by atoms with Crippen molar-refractivity contribution in [2.45, 2.75) is 20.3 Å². The van der Waals surface area contributed by atoms with E-state index in [2.05, 4.69) is 24.2 Å². The lowest BCUT2D eigenvalue weighted by atomic mass is 10.1. The van der Waals surface area contributed by atoms with Crippen molar-refractivity contribution in [1.82, 2.24) is 5.32 Å². The molecule has 0 radical (unpaired) electrons. The SMILES string of the molecule is CC(C)/C(CO)=N/C[C@@H]1CCNC1. The van der Waals surface area contributed by atoms with Gasteiger partial charge in [0.1, 0.15) is 0 Å². The molecule has 0 spiro atoms. The summed E-state index contributed by atoms with van der Waals surface area (Å²) in [7, 11) is 0. The van der Waals surface area contributed by atoms with Gasteiger partial charge in [-0.15, -0.1) is 0 Å². The molecule has 0 aliphatic carbocycles. The van der Waals surface area contributed by atoms with Crippen LogP contribution in [-0.2, 0) is 0 Å². The Labute approximate surface area is 80.3 Å². The van der Waals surface area contributed by atoms with Crippen molar-refractivity contribution < 1.29 is 5.11 Å². The van der Waals surface area contributed by atoms with Crippen molar-refractivity contribution in [3.63, 3.8) is 0 Å². The number of aliphatic hydroxyl groups excluding tert-OH is 1. The molecule has 13 heavy (non-hydrogen) atoms. The van der Waals surface area contributed by atoms with E-state index in [0.29, 0.717) is 11.8 Å². The summed E-state index contributed by atoms with van der Waals surface area (Å²) in [5.74, 6) is 1.06. The Balaban J connectivity index is 2.34. The maximum absolute atomic E-state index is 9.02. The second-order valence-corrected chi connectivity index (χ2v) is 4.00. The summed E-state index contributed by atoms with van der Waals surface area (Å²) in [6.07, 6.45) is 1.22. The zero-order chi connectivity index (χ0) is 9.68. The van der Waals surface area contributed by atoms with E-state index in [1.807, 2.05) is 0 Å². The number of hydrogen-bond acceptors (Lipinski definition) is 3. The first-order valence-electron chi connectivity index (χ1n) is 5.08. The quantitative estimate of drug-likeness (QED) is 0.631. The van der Waals surface area contributed by atoms with Crippen LogP contribution in [0.2, 0.25) is 0 Å². The molecule has 1 atom stereocenters. The van der Waals surface area contributed by atoms with Crippen molar-refractivity contribution >= 4 is 5.71 Å². The molecule has 1 aliphatic rings. The summed E-state index contributed by atoms with van der Waals surface area (Å²) in [6, 6.07) is 0. The van der Waals surface area contributed by atoms with Crippen molar-refractivity contribution in [2.24, 2.45) is 16.8 Å². The highest BCUT2D eigenvalue weighted by molar-refractivity contribution is 5.87. The minimum Gasteiger partial charge on any atom is -0.390 e. The summed E-state index contributed by atoms with van der Waals surface area (Å²) in [5.41, 5.74) is 0.937. The van der Waals surface area contributed by atoms with E-state index < -0.39 is 0 Å². The molecule has 0 saturated carbocycles. The molecule has 0 unspecified atom stereocenters. The Morgan fingerprint density at radius 2 is 2.38 bits per heavy atom. The van der Waals surface area contributed by atoms with Crippen LogP contribution in [-0.4, -0.2) is 37.1 Å². The molecule has 3 nitrogen and oxygen atoms in total. The van der Waals surface area contributed by atoms with Crippen LogP contribution in [0.4, 0.5) is 0 Å². The van der Waals surface area contributed by atoms with E-state index in [4.69, 9.17) is 5.11 Å². The van der Waals surface area contributed by atoms with E-state index in [9.17, 15) is 0 Å². The molecule has 0 bridgehead atoms. The Morgan fingerprint density at radius 1 is 1.62 bits per heavy atom. The van der Waals surface area contributed by atoms with Crippen molar-refractivity contribution in [3.8, 4) is 0 Å². The molecule has 1 saturated heterocycles. The van der Waals surface area contributed by atoms with E-state index in [0.717, 1.165) is 25.3 Å². The summed E-state index contributed by atoms with van der Waals surface area (Å²) in [6.45, 7) is 7.33. The summed E-state index contributed by atoms with van der Waals surface area (Å²) >= 11 is 0. The topological polar surface area (TPSA) is 44.6 Å². The second-order valence-electron chi connectivity index (χ2n) is 4.00. The predicted molar refractivity (Wildman–Crippen MR) is 55.2 cm³/mol. The van der Waals surface area contributed by atoms with Crippen LogP contribution in [0.3, 0.4) is 0 Å². The Bertz CT molecular complexity index is 172. The van der Waals surface area contributed by atoms with Gasteiger partial charge in [-0.05, 0) is 31.3 Å². The standard InChI is InChI=1S/C10H20N2O/c1-8(2)10(7-13)12-6-9-3-4-11-5-9/h8-9,11,13H,3-7H2,1-2H3/b12-10+/t9-/m1/s1. The molecular weight excluding hydrogens is 164 g/mol. The summed E-state index contributed by atoms with van der Waals surface area (Å²) in [5, 5.41) is 12.3. The van der Waals surface area contributed by atoms with Gasteiger partial charge in [0.05, 0.1) is 6.61 Å². The number of aliphatic imine (C=N–C) groups is 1. The molecule has 0 amide bonds. The van der Waals surface area contributed by atoms with Gasteiger partial charge in [-0.25, -0.2) is 0 Å². The lowest BCUT2D eigenvalue weighted by Crippen LogP contribution is -2.16. The van der Waals surface area contributed by atoms with Gasteiger partial charge in [0.25, 0.3) is 0 Å². The molecule has 76 valence electrons. The third kappa shape index (κ3) is 3.44. The van der Waals surface area contributed by atoms with Crippen LogP contribution < -0.4 is 5.32 Å². The molecule has 1 heterocycles. The van der Waals surface area contributed by atoms with Gasteiger partial charge in [-0.1, -0.05) is 13.8 Å². The van der Waals surface area contributed by atoms with Crippen LogP contribution in [0.25, 0.3) is 0 Å². The van der Waals surface area contributed by atoms with Gasteiger partial charge in [0, 0.05) is 12.3 Å². The summed E-state index contributed by atoms with van der Waals surface area (Å²) in [4.78, 5) is 4.45. The van der Waals surface area contributed by atoms with Crippen molar-refractivity contribution in [3.05, 3.63) is 0 Å². The van der Waals surface area contributed by atoms with Gasteiger partial charge in [0.15, 0.2) is 0 Å². The highest BCUT2D eigenvalue weighted by Crippen LogP contribution is 2.08. The third-order valence-electron chi connectivity index (χ3n) is 2.54. The molecule has 0 aromatic carbocycles. The van der Waals surface area contributed by atoms with Crippen molar-refractivity contribution in [2.75, 3.05) is 26.2 Å². The monoisotopic (exact) mass is 184 g/mol. The number of nitrogens with zero attached hydrogens (tertiary/aromatic N) is 1. The van der Waals surface area contributed by atoms with E-state index in [1.54, 1.807) is 0 Å². The fourth-order valence-electron chi connectivity index (χ4n) is 1.53. The molecule has 0 aromatic rings. The zero-order valence-electron chi connectivity index (χ0n) is 8.58. The maximum Gasteiger partial charge on any atom is 0.0811 e. The second kappa shape index (κ2) is 5.35. The van der Waals surface area contributed by atoms with Crippen LogP contribution in [0.5, 0.6) is 0 Å². The Morgan fingerprint density at radius 3 is 2.85 bits per heavy atom. The van der Waals surface area contributed by atoms with Crippen LogP contribution in [0.1, 0.15) is 20.3 Å². The maximum atomic E-state index is 9.02. The van der Waals surface area contributed by atoms with Gasteiger partial charge >= 0.3 is 0 Å². The highest BCUT2D eigenvalue weighted by atomic mass is 16.3. The van der Waals surface area contributed by atoms with Crippen molar-refractivity contribution in [1.29, 1.82) is 0 Å². The normalized spacial score (nSPS) is 24.3. The third-order valence-corrected chi connectivity index (χ3v) is 2.54. The average molecular weight is 184 g/mol. The average Bonchev–Trinajstić information content (AvgIpc) is 2.57. The first-order valence-corrected chi connectivity index (χ1v) is 5.08.